The van der Waals surface area contributed by atoms with Crippen molar-refractivity contribution in [2.75, 3.05) is 12.4 Å². The quantitative estimate of drug-likeness (QED) is 0.767. The topological polar surface area (TPSA) is 12.0 Å². The van der Waals surface area contributed by atoms with Crippen LogP contribution in [0.3, 0.4) is 0 Å². The molecule has 1 aliphatic carbocycles. The van der Waals surface area contributed by atoms with Crippen molar-refractivity contribution in [1.82, 2.24) is 0 Å². The van der Waals surface area contributed by atoms with Crippen LogP contribution in [0.2, 0.25) is 0 Å². The van der Waals surface area contributed by atoms with Gasteiger partial charge in [-0.15, -0.1) is 0 Å². The molecule has 2 rings (SSSR count). The van der Waals surface area contributed by atoms with E-state index in [2.05, 4.69) is 29.6 Å². The summed E-state index contributed by atoms with van der Waals surface area (Å²) in [5.41, 5.74) is 2.70. The Morgan fingerprint density at radius 2 is 1.79 bits per heavy atom. The van der Waals surface area contributed by atoms with Crippen molar-refractivity contribution in [2.24, 2.45) is 5.92 Å². The van der Waals surface area contributed by atoms with Crippen LogP contribution in [0.15, 0.2) is 24.3 Å². The van der Waals surface area contributed by atoms with Gasteiger partial charge in [-0.05, 0) is 30.0 Å². The van der Waals surface area contributed by atoms with Crippen molar-refractivity contribution in [3.8, 4) is 0 Å². The van der Waals surface area contributed by atoms with Crippen LogP contribution in [-0.4, -0.2) is 7.05 Å². The number of rotatable bonds is 3. The van der Waals surface area contributed by atoms with E-state index in [1.807, 2.05) is 7.05 Å². The first-order valence-corrected chi connectivity index (χ1v) is 5.65. The fourth-order valence-electron chi connectivity index (χ4n) is 2.36. The molecule has 0 unspecified atom stereocenters. The molecule has 0 saturated heterocycles. The minimum Gasteiger partial charge on any atom is -0.388 e. The largest absolute Gasteiger partial charge is 0.388 e. The zero-order valence-corrected chi connectivity index (χ0v) is 8.92. The summed E-state index contributed by atoms with van der Waals surface area (Å²) in [4.78, 5) is 0. The van der Waals surface area contributed by atoms with Gasteiger partial charge in [0.2, 0.25) is 0 Å². The first kappa shape index (κ1) is 9.57. The third kappa shape index (κ3) is 2.28. The summed E-state index contributed by atoms with van der Waals surface area (Å²) >= 11 is 0. The van der Waals surface area contributed by atoms with Gasteiger partial charge >= 0.3 is 0 Å². The van der Waals surface area contributed by atoms with Gasteiger partial charge < -0.3 is 5.32 Å². The van der Waals surface area contributed by atoms with Gasteiger partial charge in [0.1, 0.15) is 0 Å². The molecule has 0 radical (unpaired) electrons. The molecule has 1 N–H and O–H groups in total. The smallest absolute Gasteiger partial charge is 0.0337 e. The van der Waals surface area contributed by atoms with E-state index in [0.717, 1.165) is 5.92 Å². The summed E-state index contributed by atoms with van der Waals surface area (Å²) in [7, 11) is 1.96. The normalized spacial score (nSPS) is 17.2. The molecule has 1 nitrogen and oxygen atoms in total. The third-order valence-corrected chi connectivity index (χ3v) is 3.24. The van der Waals surface area contributed by atoms with Gasteiger partial charge in [0, 0.05) is 12.7 Å². The first-order chi connectivity index (χ1) is 6.88. The standard InChI is InChI=1S/C13H19N/c1-14-13-8-6-12(7-9-13)10-11-4-2-3-5-11/h6-9,11,14H,2-5,10H2,1H3. The minimum absolute atomic E-state index is 0.954. The highest BCUT2D eigenvalue weighted by molar-refractivity contribution is 5.43. The zero-order chi connectivity index (χ0) is 9.80. The zero-order valence-electron chi connectivity index (χ0n) is 8.92. The van der Waals surface area contributed by atoms with Crippen LogP contribution in [0.4, 0.5) is 5.69 Å². The second-order valence-electron chi connectivity index (χ2n) is 4.30. The Bertz CT molecular complexity index is 270. The fourth-order valence-corrected chi connectivity index (χ4v) is 2.36. The molecule has 1 aromatic carbocycles. The molecule has 0 bridgehead atoms. The maximum absolute atomic E-state index is 3.15. The van der Waals surface area contributed by atoms with Gasteiger partial charge in [-0.3, -0.25) is 0 Å². The van der Waals surface area contributed by atoms with Gasteiger partial charge in [-0.25, -0.2) is 0 Å². The maximum Gasteiger partial charge on any atom is 0.0337 e. The van der Waals surface area contributed by atoms with E-state index in [9.17, 15) is 0 Å². The fraction of sp³-hybridized carbons (Fsp3) is 0.538. The Morgan fingerprint density at radius 3 is 2.36 bits per heavy atom. The van der Waals surface area contributed by atoms with Gasteiger partial charge in [0.15, 0.2) is 0 Å². The lowest BCUT2D eigenvalue weighted by Gasteiger charge is -2.09. The van der Waals surface area contributed by atoms with Crippen LogP contribution >= 0.6 is 0 Å². The lowest BCUT2D eigenvalue weighted by atomic mass is 9.98. The van der Waals surface area contributed by atoms with Crippen molar-refractivity contribution >= 4 is 5.69 Å². The van der Waals surface area contributed by atoms with Crippen molar-refractivity contribution in [2.45, 2.75) is 32.1 Å². The van der Waals surface area contributed by atoms with E-state index < -0.39 is 0 Å². The van der Waals surface area contributed by atoms with E-state index in [1.165, 1.54) is 43.4 Å². The van der Waals surface area contributed by atoms with Crippen LogP contribution < -0.4 is 5.32 Å². The molecule has 0 spiro atoms. The molecule has 1 aliphatic rings. The van der Waals surface area contributed by atoms with Crippen LogP contribution in [0, 0.1) is 5.92 Å². The van der Waals surface area contributed by atoms with E-state index in [-0.39, 0.29) is 0 Å². The minimum atomic E-state index is 0.954. The molecule has 14 heavy (non-hydrogen) atoms. The van der Waals surface area contributed by atoms with Crippen LogP contribution in [0.1, 0.15) is 31.2 Å². The lowest BCUT2D eigenvalue weighted by molar-refractivity contribution is 0.546. The third-order valence-electron chi connectivity index (χ3n) is 3.24. The summed E-state index contributed by atoms with van der Waals surface area (Å²) in [6.45, 7) is 0. The highest BCUT2D eigenvalue weighted by atomic mass is 14.8. The number of nitrogens with one attached hydrogen (secondary N) is 1. The average molecular weight is 189 g/mol. The Hall–Kier alpha value is -0.980. The highest BCUT2D eigenvalue weighted by Gasteiger charge is 2.14. The van der Waals surface area contributed by atoms with Gasteiger partial charge in [0.25, 0.3) is 0 Å². The van der Waals surface area contributed by atoms with Gasteiger partial charge in [-0.2, -0.15) is 0 Å². The Balaban J connectivity index is 1.95. The van der Waals surface area contributed by atoms with Gasteiger partial charge in [0.05, 0.1) is 0 Å². The number of hydrogen-bond donors (Lipinski definition) is 1. The molecule has 1 fully saturated rings. The molecule has 0 aromatic heterocycles. The predicted molar refractivity (Wildman–Crippen MR) is 61.7 cm³/mol. The summed E-state index contributed by atoms with van der Waals surface area (Å²) in [6, 6.07) is 8.85. The summed E-state index contributed by atoms with van der Waals surface area (Å²) in [5.74, 6) is 0.954. The van der Waals surface area contributed by atoms with Gasteiger partial charge in [-0.1, -0.05) is 37.8 Å². The predicted octanol–water partition coefficient (Wildman–Crippen LogP) is 3.46. The summed E-state index contributed by atoms with van der Waals surface area (Å²) in [6.07, 6.45) is 7.05. The molecular formula is C13H19N. The first-order valence-electron chi connectivity index (χ1n) is 5.65. The molecule has 0 heterocycles. The molecule has 1 heteroatoms. The molecular weight excluding hydrogens is 170 g/mol. The molecule has 0 amide bonds. The molecule has 0 aliphatic heterocycles. The lowest BCUT2D eigenvalue weighted by Crippen LogP contribution is -1.98. The highest BCUT2D eigenvalue weighted by Crippen LogP contribution is 2.28. The summed E-state index contributed by atoms with van der Waals surface area (Å²) < 4.78 is 0. The van der Waals surface area contributed by atoms with Crippen LogP contribution in [-0.2, 0) is 6.42 Å². The van der Waals surface area contributed by atoms with E-state index in [0.29, 0.717) is 0 Å². The van der Waals surface area contributed by atoms with Crippen molar-refractivity contribution in [1.29, 1.82) is 0 Å². The molecule has 76 valence electrons. The maximum atomic E-state index is 3.15. The molecule has 1 saturated carbocycles. The number of anilines is 1. The number of benzene rings is 1. The Labute approximate surface area is 86.5 Å². The Morgan fingerprint density at radius 1 is 1.14 bits per heavy atom. The van der Waals surface area contributed by atoms with Crippen molar-refractivity contribution in [3.63, 3.8) is 0 Å². The molecule has 0 atom stereocenters. The SMILES string of the molecule is CNc1ccc(CC2CCCC2)cc1. The summed E-state index contributed by atoms with van der Waals surface area (Å²) in [5, 5.41) is 3.15. The second kappa shape index (κ2) is 4.50. The second-order valence-corrected chi connectivity index (χ2v) is 4.30. The van der Waals surface area contributed by atoms with E-state index >= 15 is 0 Å². The van der Waals surface area contributed by atoms with E-state index in [1.54, 1.807) is 0 Å². The van der Waals surface area contributed by atoms with Crippen molar-refractivity contribution in [3.05, 3.63) is 29.8 Å². The van der Waals surface area contributed by atoms with Crippen LogP contribution in [0.5, 0.6) is 0 Å². The number of hydrogen-bond acceptors (Lipinski definition) is 1. The average Bonchev–Trinajstić information content (AvgIpc) is 2.72. The van der Waals surface area contributed by atoms with Crippen LogP contribution in [0.25, 0.3) is 0 Å². The van der Waals surface area contributed by atoms with E-state index in [4.69, 9.17) is 0 Å². The monoisotopic (exact) mass is 189 g/mol. The Kier molecular flexibility index (Phi) is 3.07. The molecule has 1 aromatic rings. The van der Waals surface area contributed by atoms with Crippen molar-refractivity contribution < 1.29 is 0 Å².